The lowest BCUT2D eigenvalue weighted by atomic mass is 9.78. The highest BCUT2D eigenvalue weighted by Crippen LogP contribution is 2.33. The van der Waals surface area contributed by atoms with Gasteiger partial charge < -0.3 is 15.3 Å². The van der Waals surface area contributed by atoms with Gasteiger partial charge in [0, 0.05) is 19.1 Å². The monoisotopic (exact) mass is 226 g/mol. The fourth-order valence-corrected chi connectivity index (χ4v) is 2.88. The van der Waals surface area contributed by atoms with Gasteiger partial charge in [-0.25, -0.2) is 0 Å². The summed E-state index contributed by atoms with van der Waals surface area (Å²) in [7, 11) is 0. The highest BCUT2D eigenvalue weighted by atomic mass is 16.3. The molecule has 2 unspecified atom stereocenters. The average Bonchev–Trinajstić information content (AvgIpc) is 2.68. The first-order valence-corrected chi connectivity index (χ1v) is 6.75. The van der Waals surface area contributed by atoms with Crippen LogP contribution in [-0.4, -0.2) is 48.3 Å². The smallest absolute Gasteiger partial charge is 0.0680 e. The standard InChI is InChI=1S/C13H26N2O/c1-3-13(2)4-6-15(7-5-13)10-11-8-12(16)9-14-11/h11-12,14,16H,3-10H2,1-2H3. The fourth-order valence-electron chi connectivity index (χ4n) is 2.88. The number of piperidine rings is 1. The molecule has 0 bridgehead atoms. The van der Waals surface area contributed by atoms with Crippen LogP contribution in [0.15, 0.2) is 0 Å². The lowest BCUT2D eigenvalue weighted by Crippen LogP contribution is -2.44. The summed E-state index contributed by atoms with van der Waals surface area (Å²) < 4.78 is 0. The minimum Gasteiger partial charge on any atom is -0.392 e. The first-order valence-electron chi connectivity index (χ1n) is 6.75. The van der Waals surface area contributed by atoms with Crippen molar-refractivity contribution >= 4 is 0 Å². The molecule has 2 aliphatic heterocycles. The number of β-amino-alcohol motifs (C(OH)–C–C–N with tert-alkyl or cyclic N) is 1. The van der Waals surface area contributed by atoms with Crippen molar-refractivity contribution in [1.29, 1.82) is 0 Å². The maximum Gasteiger partial charge on any atom is 0.0680 e. The highest BCUT2D eigenvalue weighted by Gasteiger charge is 2.30. The second-order valence-corrected chi connectivity index (χ2v) is 5.96. The first kappa shape index (κ1) is 12.3. The molecule has 94 valence electrons. The summed E-state index contributed by atoms with van der Waals surface area (Å²) in [5.41, 5.74) is 0.582. The number of aliphatic hydroxyl groups excluding tert-OH is 1. The van der Waals surface area contributed by atoms with Crippen LogP contribution in [0.2, 0.25) is 0 Å². The Morgan fingerprint density at radius 3 is 2.56 bits per heavy atom. The van der Waals surface area contributed by atoms with Crippen molar-refractivity contribution in [3.63, 3.8) is 0 Å². The fraction of sp³-hybridized carbons (Fsp3) is 1.00. The van der Waals surface area contributed by atoms with E-state index in [1.807, 2.05) is 0 Å². The molecule has 2 saturated heterocycles. The predicted molar refractivity (Wildman–Crippen MR) is 66.5 cm³/mol. The van der Waals surface area contributed by atoms with Crippen molar-refractivity contribution in [1.82, 2.24) is 10.2 Å². The highest BCUT2D eigenvalue weighted by molar-refractivity contribution is 4.87. The molecule has 2 fully saturated rings. The minimum atomic E-state index is -0.115. The van der Waals surface area contributed by atoms with Crippen LogP contribution in [-0.2, 0) is 0 Å². The summed E-state index contributed by atoms with van der Waals surface area (Å²) in [6.07, 6.45) is 4.79. The van der Waals surface area contributed by atoms with E-state index < -0.39 is 0 Å². The topological polar surface area (TPSA) is 35.5 Å². The second-order valence-electron chi connectivity index (χ2n) is 5.96. The SMILES string of the molecule is CCC1(C)CCN(CC2CC(O)CN2)CC1. The van der Waals surface area contributed by atoms with Gasteiger partial charge in [0.1, 0.15) is 0 Å². The predicted octanol–water partition coefficient (Wildman–Crippen LogP) is 1.22. The number of rotatable bonds is 3. The van der Waals surface area contributed by atoms with Crippen molar-refractivity contribution in [3.05, 3.63) is 0 Å². The minimum absolute atomic E-state index is 0.115. The third-order valence-corrected chi connectivity index (χ3v) is 4.59. The Kier molecular flexibility index (Phi) is 3.88. The van der Waals surface area contributed by atoms with E-state index in [1.54, 1.807) is 0 Å². The summed E-state index contributed by atoms with van der Waals surface area (Å²) in [4.78, 5) is 2.56. The van der Waals surface area contributed by atoms with E-state index in [0.29, 0.717) is 11.5 Å². The van der Waals surface area contributed by atoms with Gasteiger partial charge in [-0.05, 0) is 37.8 Å². The normalized spacial score (nSPS) is 35.4. The quantitative estimate of drug-likeness (QED) is 0.759. The molecule has 3 heteroatoms. The molecule has 16 heavy (non-hydrogen) atoms. The zero-order valence-electron chi connectivity index (χ0n) is 10.7. The lowest BCUT2D eigenvalue weighted by molar-refractivity contribution is 0.106. The first-order chi connectivity index (χ1) is 7.61. The summed E-state index contributed by atoms with van der Waals surface area (Å²) >= 11 is 0. The van der Waals surface area contributed by atoms with Crippen molar-refractivity contribution in [2.45, 2.75) is 51.7 Å². The molecule has 0 radical (unpaired) electrons. The third-order valence-electron chi connectivity index (χ3n) is 4.59. The molecule has 0 aliphatic carbocycles. The van der Waals surface area contributed by atoms with Gasteiger partial charge >= 0.3 is 0 Å². The number of likely N-dealkylation sites (tertiary alicyclic amines) is 1. The molecule has 0 amide bonds. The van der Waals surface area contributed by atoms with Crippen LogP contribution in [0.4, 0.5) is 0 Å². The molecule has 0 aromatic carbocycles. The molecule has 0 aromatic rings. The van der Waals surface area contributed by atoms with E-state index in [1.165, 1.54) is 32.4 Å². The van der Waals surface area contributed by atoms with Gasteiger partial charge in [-0.2, -0.15) is 0 Å². The third kappa shape index (κ3) is 2.96. The number of aliphatic hydroxyl groups is 1. The molecule has 2 aliphatic rings. The number of hydrogen-bond acceptors (Lipinski definition) is 3. The van der Waals surface area contributed by atoms with E-state index in [9.17, 15) is 5.11 Å². The molecule has 2 N–H and O–H groups in total. The Bertz CT molecular complexity index is 224. The lowest BCUT2D eigenvalue weighted by Gasteiger charge is -2.39. The molecule has 0 saturated carbocycles. The van der Waals surface area contributed by atoms with E-state index in [2.05, 4.69) is 24.1 Å². The van der Waals surface area contributed by atoms with Crippen molar-refractivity contribution < 1.29 is 5.11 Å². The van der Waals surface area contributed by atoms with Gasteiger partial charge in [-0.3, -0.25) is 0 Å². The van der Waals surface area contributed by atoms with Crippen LogP contribution in [0.25, 0.3) is 0 Å². The summed E-state index contributed by atoms with van der Waals surface area (Å²) in [5, 5.41) is 12.9. The zero-order chi connectivity index (χ0) is 11.6. The van der Waals surface area contributed by atoms with Crippen LogP contribution < -0.4 is 5.32 Å². The molecular weight excluding hydrogens is 200 g/mol. The Labute approximate surface area is 99.2 Å². The van der Waals surface area contributed by atoms with Gasteiger partial charge in [-0.15, -0.1) is 0 Å². The van der Waals surface area contributed by atoms with E-state index in [-0.39, 0.29) is 6.10 Å². The van der Waals surface area contributed by atoms with Gasteiger partial charge in [0.05, 0.1) is 6.10 Å². The Hall–Kier alpha value is -0.120. The van der Waals surface area contributed by atoms with Gasteiger partial charge in [0.2, 0.25) is 0 Å². The van der Waals surface area contributed by atoms with Crippen LogP contribution in [0.3, 0.4) is 0 Å². The van der Waals surface area contributed by atoms with Gasteiger partial charge in [-0.1, -0.05) is 20.3 Å². The van der Waals surface area contributed by atoms with Crippen LogP contribution in [0.1, 0.15) is 39.5 Å². The Balaban J connectivity index is 1.73. The Morgan fingerprint density at radius 1 is 1.38 bits per heavy atom. The molecule has 0 spiro atoms. The molecule has 3 nitrogen and oxygen atoms in total. The van der Waals surface area contributed by atoms with Crippen LogP contribution in [0, 0.1) is 5.41 Å². The molecule has 2 heterocycles. The molecule has 2 rings (SSSR count). The van der Waals surface area contributed by atoms with Crippen molar-refractivity contribution in [2.75, 3.05) is 26.2 Å². The van der Waals surface area contributed by atoms with Crippen molar-refractivity contribution in [2.24, 2.45) is 5.41 Å². The summed E-state index contributed by atoms with van der Waals surface area (Å²) in [5.74, 6) is 0. The maximum absolute atomic E-state index is 9.47. The summed E-state index contributed by atoms with van der Waals surface area (Å²) in [6, 6.07) is 0.515. The van der Waals surface area contributed by atoms with Crippen molar-refractivity contribution in [3.8, 4) is 0 Å². The largest absolute Gasteiger partial charge is 0.392 e. The molecular formula is C13H26N2O. The maximum atomic E-state index is 9.47. The van der Waals surface area contributed by atoms with Gasteiger partial charge in [0.15, 0.2) is 0 Å². The zero-order valence-corrected chi connectivity index (χ0v) is 10.7. The van der Waals surface area contributed by atoms with Crippen LogP contribution >= 0.6 is 0 Å². The Morgan fingerprint density at radius 2 is 2.06 bits per heavy atom. The number of nitrogens with zero attached hydrogens (tertiary/aromatic N) is 1. The molecule has 2 atom stereocenters. The van der Waals surface area contributed by atoms with E-state index in [0.717, 1.165) is 19.5 Å². The average molecular weight is 226 g/mol. The van der Waals surface area contributed by atoms with Crippen LogP contribution in [0.5, 0.6) is 0 Å². The van der Waals surface area contributed by atoms with E-state index in [4.69, 9.17) is 0 Å². The summed E-state index contributed by atoms with van der Waals surface area (Å²) in [6.45, 7) is 9.10. The number of hydrogen-bond donors (Lipinski definition) is 2. The van der Waals surface area contributed by atoms with Gasteiger partial charge in [0.25, 0.3) is 0 Å². The number of nitrogens with one attached hydrogen (secondary N) is 1. The molecule has 0 aromatic heterocycles. The van der Waals surface area contributed by atoms with E-state index >= 15 is 0 Å². The second kappa shape index (κ2) is 5.03.